The molecule has 0 bridgehead atoms. The van der Waals surface area contributed by atoms with Crippen molar-refractivity contribution in [1.29, 1.82) is 0 Å². The number of nitrogens with one attached hydrogen (secondary N) is 1. The summed E-state index contributed by atoms with van der Waals surface area (Å²) >= 11 is 0. The molecule has 48 heavy (non-hydrogen) atoms. The molecule has 2 aliphatic rings. The van der Waals surface area contributed by atoms with Gasteiger partial charge >= 0.3 is 6.09 Å². The zero-order valence-electron chi connectivity index (χ0n) is 31.2. The predicted molar refractivity (Wildman–Crippen MR) is 190 cm³/mol. The molecular formula is C37H60N4O7. The number of hydrogen-bond acceptors (Lipinski definition) is 9. The van der Waals surface area contributed by atoms with E-state index in [4.69, 9.17) is 14.7 Å². The van der Waals surface area contributed by atoms with Crippen molar-refractivity contribution in [2.24, 2.45) is 32.7 Å². The Kier molecular flexibility index (Phi) is 14.2. The fourth-order valence-electron chi connectivity index (χ4n) is 6.04. The van der Waals surface area contributed by atoms with Crippen LogP contribution >= 0.6 is 0 Å². The lowest BCUT2D eigenvalue weighted by atomic mass is 9.75. The van der Waals surface area contributed by atoms with Gasteiger partial charge in [-0.3, -0.25) is 24.4 Å². The van der Waals surface area contributed by atoms with Crippen molar-refractivity contribution in [3.8, 4) is 0 Å². The molecule has 0 aromatic heterocycles. The molecule has 2 aliphatic carbocycles. The number of ketones is 2. The first kappa shape index (κ1) is 40.7. The molecule has 2 rings (SSSR count). The second kappa shape index (κ2) is 16.7. The Bertz CT molecular complexity index is 1260. The minimum atomic E-state index is -0.728. The highest BCUT2D eigenvalue weighted by Gasteiger charge is 2.36. The van der Waals surface area contributed by atoms with Crippen LogP contribution in [-0.2, 0) is 19.1 Å². The second-order valence-corrected chi connectivity index (χ2v) is 16.6. The van der Waals surface area contributed by atoms with Gasteiger partial charge in [-0.2, -0.15) is 0 Å². The number of amides is 2. The minimum absolute atomic E-state index is 0.0513. The molecule has 0 aliphatic heterocycles. The van der Waals surface area contributed by atoms with Crippen LogP contribution in [0.4, 0.5) is 4.79 Å². The summed E-state index contributed by atoms with van der Waals surface area (Å²) in [6.45, 7) is 21.4. The van der Waals surface area contributed by atoms with Crippen LogP contribution in [0.15, 0.2) is 32.6 Å². The highest BCUT2D eigenvalue weighted by Crippen LogP contribution is 2.38. The van der Waals surface area contributed by atoms with Crippen LogP contribution in [0.25, 0.3) is 0 Å². The summed E-state index contributed by atoms with van der Waals surface area (Å²) in [7, 11) is 0. The van der Waals surface area contributed by atoms with E-state index in [1.54, 1.807) is 20.8 Å². The van der Waals surface area contributed by atoms with Gasteiger partial charge in [0.05, 0.1) is 24.2 Å². The molecule has 11 nitrogen and oxygen atoms in total. The molecule has 0 heterocycles. The van der Waals surface area contributed by atoms with E-state index >= 15 is 0 Å². The number of ether oxygens (including phenoxy) is 1. The largest absolute Gasteiger partial charge is 0.511 e. The number of nitrogens with zero attached hydrogens (tertiary/aromatic N) is 3. The summed E-state index contributed by atoms with van der Waals surface area (Å²) in [5.74, 6) is -0.196. The van der Waals surface area contributed by atoms with Crippen LogP contribution in [0.1, 0.15) is 115 Å². The van der Waals surface area contributed by atoms with Gasteiger partial charge in [0.25, 0.3) is 0 Å². The lowest BCUT2D eigenvalue weighted by molar-refractivity contribution is -0.130. The maximum absolute atomic E-state index is 13.4. The Morgan fingerprint density at radius 1 is 0.792 bits per heavy atom. The number of allylic oxidation sites excluding steroid dienone is 4. The molecule has 2 amide bonds. The Balaban J connectivity index is 2.36. The minimum Gasteiger partial charge on any atom is -0.511 e. The van der Waals surface area contributed by atoms with Crippen molar-refractivity contribution in [3.05, 3.63) is 22.7 Å². The third-order valence-electron chi connectivity index (χ3n) is 7.97. The Morgan fingerprint density at radius 2 is 1.19 bits per heavy atom. The third kappa shape index (κ3) is 13.2. The number of aliphatic hydroxyl groups is 2. The van der Waals surface area contributed by atoms with Gasteiger partial charge in [-0.15, -0.1) is 0 Å². The van der Waals surface area contributed by atoms with E-state index < -0.39 is 11.7 Å². The second-order valence-electron chi connectivity index (χ2n) is 16.6. The molecule has 0 radical (unpaired) electrons. The molecule has 3 N–H and O–H groups in total. The van der Waals surface area contributed by atoms with Crippen LogP contribution in [0, 0.1) is 22.7 Å². The molecule has 0 saturated heterocycles. The van der Waals surface area contributed by atoms with Crippen molar-refractivity contribution in [1.82, 2.24) is 10.2 Å². The first-order valence-corrected chi connectivity index (χ1v) is 17.2. The lowest BCUT2D eigenvalue weighted by Gasteiger charge is -2.30. The van der Waals surface area contributed by atoms with Gasteiger partial charge in [0.15, 0.2) is 11.6 Å². The van der Waals surface area contributed by atoms with Crippen molar-refractivity contribution >= 4 is 35.0 Å². The quantitative estimate of drug-likeness (QED) is 0.173. The molecule has 0 aromatic rings. The van der Waals surface area contributed by atoms with Gasteiger partial charge < -0.3 is 25.2 Å². The average molecular weight is 673 g/mol. The monoisotopic (exact) mass is 672 g/mol. The number of aliphatic imine (C=N–C) groups is 2. The van der Waals surface area contributed by atoms with Gasteiger partial charge in [0, 0.05) is 50.2 Å². The van der Waals surface area contributed by atoms with Gasteiger partial charge in [-0.25, -0.2) is 4.79 Å². The third-order valence-corrected chi connectivity index (χ3v) is 7.97. The number of alkyl carbamates (subject to hydrolysis) is 1. The number of carbonyl (C=O) groups is 4. The van der Waals surface area contributed by atoms with Crippen LogP contribution in [0.5, 0.6) is 0 Å². The molecule has 270 valence electrons. The summed E-state index contributed by atoms with van der Waals surface area (Å²) in [6.07, 6.45) is 1.66. The number of carbonyl (C=O) groups excluding carboxylic acids is 4. The summed E-state index contributed by atoms with van der Waals surface area (Å²) in [6, 6.07) is 0. The van der Waals surface area contributed by atoms with E-state index in [0.717, 1.165) is 0 Å². The number of Topliss-reactive ketones (excluding diaryl/α,β-unsaturated/α-hetero) is 2. The number of rotatable bonds is 14. The zero-order valence-corrected chi connectivity index (χ0v) is 31.2. The normalized spacial score (nSPS) is 18.9. The van der Waals surface area contributed by atoms with Crippen LogP contribution < -0.4 is 5.32 Å². The summed E-state index contributed by atoms with van der Waals surface area (Å²) in [4.78, 5) is 63.0. The molecule has 0 atom stereocenters. The van der Waals surface area contributed by atoms with Gasteiger partial charge in [-0.1, -0.05) is 55.4 Å². The Hall–Kier alpha value is -3.50. The Morgan fingerprint density at radius 3 is 1.52 bits per heavy atom. The maximum Gasteiger partial charge on any atom is 0.408 e. The topological polar surface area (TPSA) is 158 Å². The van der Waals surface area contributed by atoms with E-state index in [2.05, 4.69) is 5.32 Å². The van der Waals surface area contributed by atoms with Gasteiger partial charge in [0.1, 0.15) is 23.7 Å². The summed E-state index contributed by atoms with van der Waals surface area (Å²) in [5, 5.41) is 24.2. The van der Waals surface area contributed by atoms with Crippen LogP contribution in [0.2, 0.25) is 0 Å². The fourth-order valence-corrected chi connectivity index (χ4v) is 6.04. The number of aliphatic hydroxyl groups excluding tert-OH is 2. The van der Waals surface area contributed by atoms with E-state index in [0.29, 0.717) is 49.9 Å². The van der Waals surface area contributed by atoms with Gasteiger partial charge in [-0.05, 0) is 56.3 Å². The lowest BCUT2D eigenvalue weighted by Crippen LogP contribution is -2.44. The smallest absolute Gasteiger partial charge is 0.408 e. The molecule has 0 aromatic carbocycles. The van der Waals surface area contributed by atoms with E-state index in [1.165, 1.54) is 4.90 Å². The highest BCUT2D eigenvalue weighted by molar-refractivity contribution is 6.24. The van der Waals surface area contributed by atoms with E-state index in [9.17, 15) is 29.4 Å². The van der Waals surface area contributed by atoms with Crippen molar-refractivity contribution in [2.75, 3.05) is 32.7 Å². The van der Waals surface area contributed by atoms with Crippen molar-refractivity contribution in [3.63, 3.8) is 0 Å². The molecule has 0 unspecified atom stereocenters. The molecule has 0 fully saturated rings. The first-order chi connectivity index (χ1) is 22.0. The van der Waals surface area contributed by atoms with E-state index in [1.807, 2.05) is 55.4 Å². The molecule has 0 spiro atoms. The fraction of sp³-hybridized carbons (Fsp3) is 0.730. The van der Waals surface area contributed by atoms with E-state index in [-0.39, 0.29) is 95.5 Å². The summed E-state index contributed by atoms with van der Waals surface area (Å²) < 4.78 is 5.28. The number of hydrogen-bond donors (Lipinski definition) is 3. The predicted octanol–water partition coefficient (Wildman–Crippen LogP) is 6.72. The standard InChI is InChI=1S/C37H60N4O7/c1-23(2)16-25(32-27(42)18-36(8,9)19-28(32)43)38-12-14-41(31(46)22-40-34(47)48-35(5,6)7)15-13-39-26(17-24(3)4)33-29(44)20-37(10,11)21-30(33)45/h23-24,42,44H,12-22H2,1-11H3,(H,40,47). The van der Waals surface area contributed by atoms with Crippen LogP contribution in [-0.4, -0.2) is 88.4 Å². The van der Waals surface area contributed by atoms with Crippen LogP contribution in [0.3, 0.4) is 0 Å². The van der Waals surface area contributed by atoms with Gasteiger partial charge in [0.2, 0.25) is 5.91 Å². The zero-order chi connectivity index (χ0) is 36.6. The average Bonchev–Trinajstić information content (AvgIpc) is 2.86. The summed E-state index contributed by atoms with van der Waals surface area (Å²) in [5.41, 5.74) is 0.221. The highest BCUT2D eigenvalue weighted by atomic mass is 16.6. The molecule has 0 saturated carbocycles. The first-order valence-electron chi connectivity index (χ1n) is 17.2. The van der Waals surface area contributed by atoms with Crippen molar-refractivity contribution in [2.45, 2.75) is 120 Å². The maximum atomic E-state index is 13.4. The van der Waals surface area contributed by atoms with Crippen molar-refractivity contribution < 1.29 is 34.1 Å². The SMILES string of the molecule is CC(C)CC(=NCCN(CCN=C(CC(C)C)C1=C(O)CC(C)(C)CC1=O)C(=O)CNC(=O)OC(C)(C)C)C1=C(O)CC(C)(C)CC1=O. The molecule has 11 heteroatoms. The molecular weight excluding hydrogens is 612 g/mol. The Labute approximate surface area is 287 Å².